The predicted molar refractivity (Wildman–Crippen MR) is 148 cm³/mol. The molecule has 2 aromatic rings. The summed E-state index contributed by atoms with van der Waals surface area (Å²) < 4.78 is 0. The Morgan fingerprint density at radius 2 is 1.18 bits per heavy atom. The number of unbranched alkanes of at least 4 members (excludes halogenated alkanes) is 2. The van der Waals surface area contributed by atoms with Gasteiger partial charge in [-0.15, -0.1) is 0 Å². The second kappa shape index (κ2) is 13.1. The summed E-state index contributed by atoms with van der Waals surface area (Å²) in [5.41, 5.74) is 5.13. The zero-order valence-electron chi connectivity index (χ0n) is 21.5. The summed E-state index contributed by atoms with van der Waals surface area (Å²) in [6.45, 7) is 19.0. The van der Waals surface area contributed by atoms with E-state index in [0.717, 1.165) is 45.8 Å². The Morgan fingerprint density at radius 1 is 0.636 bits per heavy atom. The molecule has 0 saturated heterocycles. The number of nitrogens with one attached hydrogen (secondary N) is 1. The minimum atomic E-state index is 1.03. The van der Waals surface area contributed by atoms with Crippen LogP contribution in [0.25, 0.3) is 0 Å². The first kappa shape index (κ1) is 25.8. The van der Waals surface area contributed by atoms with Gasteiger partial charge in [0.05, 0.1) is 11.4 Å². The predicted octanol–water partition coefficient (Wildman–Crippen LogP) is 7.47. The highest BCUT2D eigenvalue weighted by molar-refractivity contribution is 7.99. The lowest BCUT2D eigenvalue weighted by Gasteiger charge is -2.30. The molecule has 1 N–H and O–H groups in total. The van der Waals surface area contributed by atoms with E-state index < -0.39 is 0 Å². The molecule has 0 saturated carbocycles. The SMILES string of the molecule is CCCCN(CCCC)c1ccc2c(c1)Sc1cc(N(CC)CCN(CC)CC)ccc1N2. The van der Waals surface area contributed by atoms with E-state index in [1.54, 1.807) is 0 Å². The zero-order chi connectivity index (χ0) is 23.6. The van der Waals surface area contributed by atoms with Crippen LogP contribution in [0.1, 0.15) is 60.3 Å². The number of likely N-dealkylation sites (N-methyl/N-ethyl adjacent to an activating group) is 2. The van der Waals surface area contributed by atoms with Gasteiger partial charge in [-0.05, 0) is 69.3 Å². The minimum Gasteiger partial charge on any atom is -0.372 e. The van der Waals surface area contributed by atoms with Gasteiger partial charge in [-0.3, -0.25) is 0 Å². The number of nitrogens with zero attached hydrogens (tertiary/aromatic N) is 3. The lowest BCUT2D eigenvalue weighted by atomic mass is 10.2. The Balaban J connectivity index is 1.77. The topological polar surface area (TPSA) is 21.8 Å². The van der Waals surface area contributed by atoms with E-state index in [4.69, 9.17) is 0 Å². The van der Waals surface area contributed by atoms with Crippen LogP contribution in [0.2, 0.25) is 0 Å². The summed E-state index contributed by atoms with van der Waals surface area (Å²) in [4.78, 5) is 10.2. The molecule has 0 atom stereocenters. The van der Waals surface area contributed by atoms with Crippen molar-refractivity contribution in [1.82, 2.24) is 4.90 Å². The maximum absolute atomic E-state index is 3.68. The van der Waals surface area contributed by atoms with Crippen molar-refractivity contribution < 1.29 is 0 Å². The fraction of sp³-hybridized carbons (Fsp3) is 0.571. The molecule has 0 spiro atoms. The summed E-state index contributed by atoms with van der Waals surface area (Å²) in [5.74, 6) is 0. The molecule has 1 aliphatic heterocycles. The van der Waals surface area contributed by atoms with Gasteiger partial charge in [-0.1, -0.05) is 52.3 Å². The molecule has 0 bridgehead atoms. The summed E-state index contributed by atoms with van der Waals surface area (Å²) in [6, 6.07) is 13.9. The van der Waals surface area contributed by atoms with E-state index in [2.05, 4.69) is 91.0 Å². The van der Waals surface area contributed by atoms with Gasteiger partial charge in [-0.25, -0.2) is 0 Å². The van der Waals surface area contributed by atoms with Gasteiger partial charge in [-0.2, -0.15) is 0 Å². The lowest BCUT2D eigenvalue weighted by Crippen LogP contribution is -2.35. The Morgan fingerprint density at radius 3 is 1.67 bits per heavy atom. The van der Waals surface area contributed by atoms with Crippen molar-refractivity contribution in [1.29, 1.82) is 0 Å². The van der Waals surface area contributed by atoms with E-state index in [9.17, 15) is 0 Å². The van der Waals surface area contributed by atoms with Crippen molar-refractivity contribution in [3.8, 4) is 0 Å². The standard InChI is InChI=1S/C28H44N4S/c1-6-11-17-32(18-12-7-2)24-14-16-26-28(22-24)33-27-21-23(13-15-25(27)29-26)31(10-5)20-19-30(8-3)9-4/h13-16,21-22,29H,6-12,17-20H2,1-5H3. The van der Waals surface area contributed by atoms with E-state index in [0.29, 0.717) is 0 Å². The first-order valence-electron chi connectivity index (χ1n) is 13.1. The molecule has 1 aliphatic rings. The average Bonchev–Trinajstić information content (AvgIpc) is 2.85. The summed E-state index contributed by atoms with van der Waals surface area (Å²) in [5, 5.41) is 3.68. The summed E-state index contributed by atoms with van der Waals surface area (Å²) >= 11 is 1.91. The molecule has 0 aromatic heterocycles. The highest BCUT2D eigenvalue weighted by Crippen LogP contribution is 2.46. The zero-order valence-corrected chi connectivity index (χ0v) is 22.3. The van der Waals surface area contributed by atoms with Gasteiger partial charge in [0.25, 0.3) is 0 Å². The molecule has 5 heteroatoms. The van der Waals surface area contributed by atoms with E-state index >= 15 is 0 Å². The fourth-order valence-electron chi connectivity index (χ4n) is 4.39. The molecule has 3 rings (SSSR count). The van der Waals surface area contributed by atoms with Gasteiger partial charge < -0.3 is 20.0 Å². The first-order valence-corrected chi connectivity index (χ1v) is 13.9. The number of hydrogen-bond donors (Lipinski definition) is 1. The van der Waals surface area contributed by atoms with Gasteiger partial charge >= 0.3 is 0 Å². The Kier molecular flexibility index (Phi) is 10.3. The van der Waals surface area contributed by atoms with Gasteiger partial charge in [0.1, 0.15) is 0 Å². The third-order valence-electron chi connectivity index (χ3n) is 6.68. The van der Waals surface area contributed by atoms with Crippen LogP contribution in [0.3, 0.4) is 0 Å². The molecule has 0 radical (unpaired) electrons. The van der Waals surface area contributed by atoms with Crippen molar-refractivity contribution in [2.75, 3.05) is 60.9 Å². The quantitative estimate of drug-likeness (QED) is 0.264. The Bertz CT molecular complexity index is 857. The molecule has 33 heavy (non-hydrogen) atoms. The summed E-state index contributed by atoms with van der Waals surface area (Å²) in [6.07, 6.45) is 4.97. The van der Waals surface area contributed by atoms with Crippen LogP contribution in [0.4, 0.5) is 22.7 Å². The normalized spacial score (nSPS) is 12.3. The van der Waals surface area contributed by atoms with Crippen LogP contribution in [0.15, 0.2) is 46.2 Å². The largest absolute Gasteiger partial charge is 0.372 e. The molecular formula is C28H44N4S. The van der Waals surface area contributed by atoms with E-state index in [1.807, 2.05) is 11.8 Å². The van der Waals surface area contributed by atoms with Crippen LogP contribution in [-0.2, 0) is 0 Å². The van der Waals surface area contributed by atoms with E-state index in [1.165, 1.54) is 58.2 Å². The first-order chi connectivity index (χ1) is 16.1. The number of rotatable bonds is 14. The molecule has 1 heterocycles. The molecule has 0 amide bonds. The van der Waals surface area contributed by atoms with Crippen molar-refractivity contribution in [3.63, 3.8) is 0 Å². The minimum absolute atomic E-state index is 1.03. The molecule has 182 valence electrons. The third-order valence-corrected chi connectivity index (χ3v) is 7.79. The summed E-state index contributed by atoms with van der Waals surface area (Å²) in [7, 11) is 0. The molecule has 4 nitrogen and oxygen atoms in total. The van der Waals surface area contributed by atoms with Gasteiger partial charge in [0.2, 0.25) is 0 Å². The van der Waals surface area contributed by atoms with E-state index in [-0.39, 0.29) is 0 Å². The van der Waals surface area contributed by atoms with Crippen molar-refractivity contribution in [3.05, 3.63) is 36.4 Å². The van der Waals surface area contributed by atoms with Crippen LogP contribution in [-0.4, -0.2) is 50.7 Å². The second-order valence-corrected chi connectivity index (χ2v) is 9.97. The maximum atomic E-state index is 3.68. The van der Waals surface area contributed by atoms with Gasteiger partial charge in [0.15, 0.2) is 0 Å². The van der Waals surface area contributed by atoms with Crippen LogP contribution < -0.4 is 15.1 Å². The van der Waals surface area contributed by atoms with Crippen molar-refractivity contribution in [2.45, 2.75) is 70.1 Å². The molecular weight excluding hydrogens is 424 g/mol. The van der Waals surface area contributed by atoms with Gasteiger partial charge in [0, 0.05) is 53.9 Å². The number of hydrogen-bond acceptors (Lipinski definition) is 5. The highest BCUT2D eigenvalue weighted by Gasteiger charge is 2.19. The second-order valence-electron chi connectivity index (χ2n) is 8.89. The number of anilines is 4. The van der Waals surface area contributed by atoms with Crippen molar-refractivity contribution in [2.24, 2.45) is 0 Å². The maximum Gasteiger partial charge on any atom is 0.0527 e. The molecule has 0 unspecified atom stereocenters. The lowest BCUT2D eigenvalue weighted by molar-refractivity contribution is 0.310. The molecule has 2 aromatic carbocycles. The number of benzene rings is 2. The van der Waals surface area contributed by atoms with Crippen LogP contribution >= 0.6 is 11.8 Å². The van der Waals surface area contributed by atoms with Crippen LogP contribution in [0, 0.1) is 0 Å². The third kappa shape index (κ3) is 6.83. The smallest absolute Gasteiger partial charge is 0.0527 e. The highest BCUT2D eigenvalue weighted by atomic mass is 32.2. The monoisotopic (exact) mass is 468 g/mol. The molecule has 0 fully saturated rings. The Labute approximate surface area is 206 Å². The van der Waals surface area contributed by atoms with Crippen LogP contribution in [0.5, 0.6) is 0 Å². The van der Waals surface area contributed by atoms with Crippen molar-refractivity contribution >= 4 is 34.5 Å². The average molecular weight is 469 g/mol. The number of fused-ring (bicyclic) bond motifs is 2. The molecule has 0 aliphatic carbocycles. The Hall–Kier alpha value is -1.85. The fourth-order valence-corrected chi connectivity index (χ4v) is 5.45.